The van der Waals surface area contributed by atoms with Crippen LogP contribution in [0.15, 0.2) is 43.1 Å². The number of aliphatic hydroxyl groups excluding tert-OH is 1. The number of quaternary nitrogens is 1. The van der Waals surface area contributed by atoms with Gasteiger partial charge in [-0.15, -0.1) is 6.58 Å². The maximum absolute atomic E-state index is 11.5. The highest BCUT2D eigenvalue weighted by Gasteiger charge is 2.51. The van der Waals surface area contributed by atoms with Crippen molar-refractivity contribution in [3.05, 3.63) is 48.7 Å². The minimum atomic E-state index is -2.18. The average molecular weight is 342 g/mol. The highest BCUT2D eigenvalue weighted by molar-refractivity contribution is 5.83. The van der Waals surface area contributed by atoms with Crippen molar-refractivity contribution in [3.63, 3.8) is 0 Å². The summed E-state index contributed by atoms with van der Waals surface area (Å²) in [5, 5.41) is 12.3. The normalized spacial score (nSPS) is 34.8. The van der Waals surface area contributed by atoms with Crippen molar-refractivity contribution in [2.45, 2.75) is 25.0 Å². The van der Waals surface area contributed by atoms with E-state index in [0.29, 0.717) is 31.2 Å². The van der Waals surface area contributed by atoms with E-state index in [0.717, 1.165) is 22.9 Å². The van der Waals surface area contributed by atoms with E-state index in [4.69, 9.17) is 8.85 Å². The largest absolute Gasteiger partial charge is 0.497 e. The van der Waals surface area contributed by atoms with Crippen molar-refractivity contribution < 1.29 is 18.4 Å². The summed E-state index contributed by atoms with van der Waals surface area (Å²) in [5.74, 6) is 1.25. The molecule has 0 amide bonds. The lowest BCUT2D eigenvalue weighted by Crippen LogP contribution is -2.66. The molecule has 3 aliphatic heterocycles. The third kappa shape index (κ3) is 2.64. The van der Waals surface area contributed by atoms with Gasteiger partial charge in [0.15, 0.2) is 0 Å². The molecule has 25 heavy (non-hydrogen) atoms. The van der Waals surface area contributed by atoms with Crippen molar-refractivity contribution in [1.82, 2.24) is 4.98 Å². The molecular weight excluding hydrogens is 312 g/mol. The summed E-state index contributed by atoms with van der Waals surface area (Å²) >= 11 is 0. The number of pyridine rings is 1. The van der Waals surface area contributed by atoms with E-state index in [1.54, 1.807) is 19.4 Å². The molecule has 1 N–H and O–H groups in total. The standard InChI is InChI=1S/C21H27N2O2/c1-4-14-13-23(2)10-8-15(14)11-20(23)21(24)17-7-9-22-19-6-5-16(25-3)12-18(17)19/h4-7,9,12,14-15,20-21,24H,1,8,10-11,13H2,2-3H3/q+1/t14-,15-,20+,21-,23-/m0/s1/i2D3. The van der Waals surface area contributed by atoms with Gasteiger partial charge >= 0.3 is 0 Å². The molecule has 3 aliphatic rings. The van der Waals surface area contributed by atoms with Crippen molar-refractivity contribution in [2.75, 3.05) is 27.2 Å². The van der Waals surface area contributed by atoms with Crippen LogP contribution in [0, 0.1) is 11.8 Å². The van der Waals surface area contributed by atoms with Crippen LogP contribution in [0.4, 0.5) is 0 Å². The number of aromatic nitrogens is 1. The van der Waals surface area contributed by atoms with E-state index in [2.05, 4.69) is 11.6 Å². The van der Waals surface area contributed by atoms with Gasteiger partial charge in [-0.25, -0.2) is 0 Å². The van der Waals surface area contributed by atoms with Crippen molar-refractivity contribution >= 4 is 10.9 Å². The second-order valence-electron chi connectivity index (χ2n) is 7.42. The Hall–Kier alpha value is -1.91. The van der Waals surface area contributed by atoms with Gasteiger partial charge in [0.1, 0.15) is 17.9 Å². The number of methoxy groups -OCH3 is 1. The molecule has 1 aromatic carbocycles. The van der Waals surface area contributed by atoms with Crippen LogP contribution in [-0.4, -0.2) is 47.8 Å². The molecule has 4 nitrogen and oxygen atoms in total. The number of benzene rings is 1. The van der Waals surface area contributed by atoms with Gasteiger partial charge in [0.2, 0.25) is 0 Å². The average Bonchev–Trinajstić information content (AvgIpc) is 2.71. The van der Waals surface area contributed by atoms with Gasteiger partial charge in [0.05, 0.1) is 36.8 Å². The van der Waals surface area contributed by atoms with Crippen LogP contribution in [0.5, 0.6) is 5.75 Å². The minimum Gasteiger partial charge on any atom is -0.497 e. The maximum Gasteiger partial charge on any atom is 0.131 e. The van der Waals surface area contributed by atoms with E-state index in [1.807, 2.05) is 24.3 Å². The molecule has 4 heterocycles. The Kier molecular flexibility index (Phi) is 3.26. The van der Waals surface area contributed by atoms with Gasteiger partial charge in [0.25, 0.3) is 0 Å². The van der Waals surface area contributed by atoms with E-state index >= 15 is 0 Å². The van der Waals surface area contributed by atoms with Crippen LogP contribution in [0.3, 0.4) is 0 Å². The third-order valence-electron chi connectivity index (χ3n) is 6.19. The number of hydrogen-bond donors (Lipinski definition) is 1. The Morgan fingerprint density at radius 2 is 2.36 bits per heavy atom. The molecule has 0 unspecified atom stereocenters. The Morgan fingerprint density at radius 3 is 3.12 bits per heavy atom. The van der Waals surface area contributed by atoms with Gasteiger partial charge < -0.3 is 14.3 Å². The van der Waals surface area contributed by atoms with Crippen LogP contribution in [0.1, 0.15) is 28.6 Å². The first-order valence-corrected chi connectivity index (χ1v) is 8.91. The summed E-state index contributed by atoms with van der Waals surface area (Å²) in [6, 6.07) is 6.99. The molecular formula is C21H27N2O2+. The molecule has 0 aliphatic carbocycles. The molecule has 5 rings (SSSR count). The molecule has 2 bridgehead atoms. The molecule has 3 saturated heterocycles. The molecule has 0 spiro atoms. The first kappa shape index (κ1) is 13.3. The second-order valence-corrected chi connectivity index (χ2v) is 7.42. The molecule has 3 fully saturated rings. The lowest BCUT2D eigenvalue weighted by atomic mass is 9.72. The predicted molar refractivity (Wildman–Crippen MR) is 99.4 cm³/mol. The lowest BCUT2D eigenvalue weighted by Gasteiger charge is -2.56. The summed E-state index contributed by atoms with van der Waals surface area (Å²) in [7, 11) is 1.60. The van der Waals surface area contributed by atoms with E-state index in [1.165, 1.54) is 0 Å². The highest BCUT2D eigenvalue weighted by Crippen LogP contribution is 2.45. The smallest absolute Gasteiger partial charge is 0.131 e. The fourth-order valence-corrected chi connectivity index (χ4v) is 4.74. The molecule has 0 radical (unpaired) electrons. The number of aliphatic hydroxyl groups is 1. The number of fused-ring (bicyclic) bond motifs is 4. The van der Waals surface area contributed by atoms with E-state index < -0.39 is 13.1 Å². The third-order valence-corrected chi connectivity index (χ3v) is 6.19. The Bertz CT molecular complexity index is 901. The molecule has 2 aromatic rings. The summed E-state index contributed by atoms with van der Waals surface area (Å²) in [4.78, 5) is 4.39. The zero-order chi connectivity index (χ0) is 20.1. The van der Waals surface area contributed by atoms with Gasteiger partial charge in [0, 0.05) is 30.3 Å². The zero-order valence-corrected chi connectivity index (χ0v) is 14.6. The molecule has 132 valence electrons. The highest BCUT2D eigenvalue weighted by atomic mass is 16.5. The second kappa shape index (κ2) is 6.11. The number of piperidine rings is 3. The number of ether oxygens (including phenoxy) is 1. The molecule has 1 aromatic heterocycles. The number of hydrogen-bond acceptors (Lipinski definition) is 3. The van der Waals surface area contributed by atoms with Gasteiger partial charge in [-0.2, -0.15) is 0 Å². The van der Waals surface area contributed by atoms with Gasteiger partial charge in [-0.3, -0.25) is 4.98 Å². The number of likely N-dealkylation sites (N-methyl/N-ethyl adjacent to an activating group) is 1. The van der Waals surface area contributed by atoms with Crippen LogP contribution in [0.2, 0.25) is 0 Å². The number of rotatable bonds is 4. The van der Waals surface area contributed by atoms with Crippen LogP contribution >= 0.6 is 0 Å². The summed E-state index contributed by atoms with van der Waals surface area (Å²) in [5.41, 5.74) is 1.48. The first-order chi connectivity index (χ1) is 13.3. The quantitative estimate of drug-likeness (QED) is 0.685. The van der Waals surface area contributed by atoms with E-state index in [9.17, 15) is 5.11 Å². The fourth-order valence-electron chi connectivity index (χ4n) is 4.74. The van der Waals surface area contributed by atoms with Crippen LogP contribution < -0.4 is 4.74 Å². The Morgan fingerprint density at radius 1 is 1.48 bits per heavy atom. The first-order valence-electron chi connectivity index (χ1n) is 10.4. The van der Waals surface area contributed by atoms with Crippen molar-refractivity contribution in [3.8, 4) is 5.75 Å². The van der Waals surface area contributed by atoms with Crippen LogP contribution in [0.25, 0.3) is 10.9 Å². The van der Waals surface area contributed by atoms with Gasteiger partial charge in [-0.05, 0) is 35.7 Å². The summed E-state index contributed by atoms with van der Waals surface area (Å²) < 4.78 is 30.2. The SMILES string of the molecule is [2H]C([2H])([2H])[N@@+]12CC[C@@H](C[C@@H]1[C@@H](O)c1ccnc3ccc(OC)cc13)[C@@H](C=C)C2. The van der Waals surface area contributed by atoms with Crippen molar-refractivity contribution in [1.29, 1.82) is 0 Å². The Labute approximate surface area is 153 Å². The maximum atomic E-state index is 11.5. The minimum absolute atomic E-state index is 0.0465. The lowest BCUT2D eigenvalue weighted by molar-refractivity contribution is -0.956. The molecule has 4 heteroatoms. The Balaban J connectivity index is 1.80. The van der Waals surface area contributed by atoms with Gasteiger partial charge in [-0.1, -0.05) is 6.08 Å². The topological polar surface area (TPSA) is 42.4 Å². The number of nitrogens with zero attached hydrogens (tertiary/aromatic N) is 2. The van der Waals surface area contributed by atoms with Crippen molar-refractivity contribution in [2.24, 2.45) is 11.8 Å². The predicted octanol–water partition coefficient (Wildman–Crippen LogP) is 3.32. The molecule has 5 atom stereocenters. The summed E-state index contributed by atoms with van der Waals surface area (Å²) in [6.45, 7) is 2.83. The zero-order valence-electron chi connectivity index (χ0n) is 17.6. The van der Waals surface area contributed by atoms with Crippen LogP contribution in [-0.2, 0) is 0 Å². The summed E-state index contributed by atoms with van der Waals surface area (Å²) in [6.07, 6.45) is 4.24. The fraction of sp³-hybridized carbons (Fsp3) is 0.476. The van der Waals surface area contributed by atoms with E-state index in [-0.39, 0.29) is 16.4 Å². The monoisotopic (exact) mass is 342 g/mol. The molecule has 0 saturated carbocycles.